The molecule has 28 heavy (non-hydrogen) atoms. The Morgan fingerprint density at radius 1 is 1.14 bits per heavy atom. The number of aliphatic imine (C=N–C) groups is 1. The van der Waals surface area contributed by atoms with E-state index in [1.165, 1.54) is 11.1 Å². The molecule has 2 heteroatoms. The van der Waals surface area contributed by atoms with Gasteiger partial charge in [-0.1, -0.05) is 74.6 Å². The third kappa shape index (κ3) is 5.45. The van der Waals surface area contributed by atoms with Gasteiger partial charge in [0.1, 0.15) is 0 Å². The molecule has 3 rings (SSSR count). The van der Waals surface area contributed by atoms with Crippen LogP contribution in [0.25, 0.3) is 0 Å². The zero-order chi connectivity index (χ0) is 20.1. The minimum atomic E-state index is -0.0674. The molecular weight excluding hydrogens is 340 g/mol. The summed E-state index contributed by atoms with van der Waals surface area (Å²) >= 11 is 0. The second-order valence-electron chi connectivity index (χ2n) is 8.72. The van der Waals surface area contributed by atoms with Gasteiger partial charge in [0.15, 0.2) is 0 Å². The lowest BCUT2D eigenvalue weighted by atomic mass is 9.84. The van der Waals surface area contributed by atoms with Crippen LogP contribution in [0.15, 0.2) is 94.8 Å². The number of rotatable bonds is 7. The molecule has 1 heterocycles. The molecule has 0 saturated carbocycles. The van der Waals surface area contributed by atoms with Gasteiger partial charge in [0.2, 0.25) is 0 Å². The highest BCUT2D eigenvalue weighted by Crippen LogP contribution is 2.27. The highest BCUT2D eigenvalue weighted by Gasteiger charge is 2.27. The summed E-state index contributed by atoms with van der Waals surface area (Å²) in [5.74, 6) is 0.833. The third-order valence-electron chi connectivity index (χ3n) is 5.16. The zero-order valence-electron chi connectivity index (χ0n) is 17.6. The van der Waals surface area contributed by atoms with Crippen LogP contribution in [0, 0.1) is 11.8 Å². The van der Waals surface area contributed by atoms with Crippen molar-refractivity contribution in [1.29, 1.82) is 0 Å². The van der Waals surface area contributed by atoms with Gasteiger partial charge >= 0.3 is 0 Å². The average molecular weight is 373 g/mol. The SMILES string of the molecule is C=C(NC(C)(Cc1ccccc1)CC(C)C)C1=CC2C=C(C)C=CC(=C2)N=C1. The fourth-order valence-corrected chi connectivity index (χ4v) is 4.18. The molecular formula is C26H32N2. The topological polar surface area (TPSA) is 24.4 Å². The van der Waals surface area contributed by atoms with Crippen LogP contribution >= 0.6 is 0 Å². The summed E-state index contributed by atoms with van der Waals surface area (Å²) in [5, 5.41) is 3.76. The Morgan fingerprint density at radius 2 is 1.89 bits per heavy atom. The van der Waals surface area contributed by atoms with E-state index in [9.17, 15) is 0 Å². The second-order valence-corrected chi connectivity index (χ2v) is 8.72. The van der Waals surface area contributed by atoms with E-state index >= 15 is 0 Å². The smallest absolute Gasteiger partial charge is 0.0599 e. The first-order valence-corrected chi connectivity index (χ1v) is 10.2. The first-order valence-electron chi connectivity index (χ1n) is 10.2. The van der Waals surface area contributed by atoms with Crippen LogP contribution in [0.3, 0.4) is 0 Å². The summed E-state index contributed by atoms with van der Waals surface area (Å²) < 4.78 is 0. The van der Waals surface area contributed by atoms with Crippen molar-refractivity contribution in [3.8, 4) is 0 Å². The van der Waals surface area contributed by atoms with E-state index in [4.69, 9.17) is 0 Å². The maximum absolute atomic E-state index is 4.66. The maximum atomic E-state index is 4.66. The normalized spacial score (nSPS) is 20.5. The minimum absolute atomic E-state index is 0.0674. The van der Waals surface area contributed by atoms with Gasteiger partial charge < -0.3 is 5.32 Å². The van der Waals surface area contributed by atoms with Crippen LogP contribution < -0.4 is 5.32 Å². The molecule has 0 fully saturated rings. The van der Waals surface area contributed by atoms with E-state index in [1.54, 1.807) is 0 Å². The number of hydrogen-bond donors (Lipinski definition) is 1. The van der Waals surface area contributed by atoms with Crippen LogP contribution in [0.4, 0.5) is 0 Å². The van der Waals surface area contributed by atoms with Gasteiger partial charge in [-0.15, -0.1) is 0 Å². The molecule has 1 aromatic rings. The highest BCUT2D eigenvalue weighted by atomic mass is 15.0. The van der Waals surface area contributed by atoms with Crippen molar-refractivity contribution in [2.75, 3.05) is 0 Å². The average Bonchev–Trinajstić information content (AvgIpc) is 2.92. The van der Waals surface area contributed by atoms with Gasteiger partial charge in [0, 0.05) is 28.9 Å². The van der Waals surface area contributed by atoms with Crippen molar-refractivity contribution < 1.29 is 0 Å². The lowest BCUT2D eigenvalue weighted by Crippen LogP contribution is -2.45. The second kappa shape index (κ2) is 8.60. The Kier molecular flexibility index (Phi) is 6.18. The van der Waals surface area contributed by atoms with Crippen LogP contribution in [0.1, 0.15) is 39.7 Å². The molecule has 2 nitrogen and oxygen atoms in total. The number of hydrogen-bond acceptors (Lipinski definition) is 2. The van der Waals surface area contributed by atoms with E-state index in [1.807, 2.05) is 6.21 Å². The molecule has 2 aliphatic rings. The fourth-order valence-electron chi connectivity index (χ4n) is 4.18. The van der Waals surface area contributed by atoms with Crippen LogP contribution in [0.5, 0.6) is 0 Å². The number of nitrogens with one attached hydrogen (secondary N) is 1. The summed E-state index contributed by atoms with van der Waals surface area (Å²) in [4.78, 5) is 4.66. The number of fused-ring (bicyclic) bond motifs is 1. The van der Waals surface area contributed by atoms with Gasteiger partial charge in [-0.2, -0.15) is 0 Å². The number of allylic oxidation sites excluding steroid dienone is 7. The molecule has 0 radical (unpaired) electrons. The van der Waals surface area contributed by atoms with Crippen molar-refractivity contribution >= 4 is 6.21 Å². The molecule has 0 saturated heterocycles. The zero-order valence-corrected chi connectivity index (χ0v) is 17.6. The maximum Gasteiger partial charge on any atom is 0.0599 e. The summed E-state index contributed by atoms with van der Waals surface area (Å²) in [5.41, 5.74) is 5.55. The quantitative estimate of drug-likeness (QED) is 0.608. The first kappa shape index (κ1) is 20.1. The molecule has 2 unspecified atom stereocenters. The van der Waals surface area contributed by atoms with Crippen LogP contribution in [-0.4, -0.2) is 11.8 Å². The molecule has 1 aromatic carbocycles. The molecule has 1 N–H and O–H groups in total. The summed E-state index contributed by atoms with van der Waals surface area (Å²) in [7, 11) is 0. The Morgan fingerprint density at radius 3 is 2.61 bits per heavy atom. The van der Waals surface area contributed by atoms with E-state index in [2.05, 4.69) is 105 Å². The van der Waals surface area contributed by atoms with Gasteiger partial charge in [-0.25, -0.2) is 0 Å². The predicted octanol–water partition coefficient (Wildman–Crippen LogP) is 6.16. The van der Waals surface area contributed by atoms with E-state index < -0.39 is 0 Å². The molecule has 1 aliphatic heterocycles. The van der Waals surface area contributed by atoms with Crippen molar-refractivity contribution in [3.05, 3.63) is 95.4 Å². The van der Waals surface area contributed by atoms with Crippen molar-refractivity contribution in [2.45, 2.75) is 46.1 Å². The van der Waals surface area contributed by atoms with Crippen molar-refractivity contribution in [3.63, 3.8) is 0 Å². The van der Waals surface area contributed by atoms with E-state index in [-0.39, 0.29) is 11.5 Å². The van der Waals surface area contributed by atoms with Crippen LogP contribution in [-0.2, 0) is 6.42 Å². The Bertz CT molecular complexity index is 865. The molecule has 1 aliphatic carbocycles. The number of benzene rings is 1. The molecule has 2 bridgehead atoms. The monoisotopic (exact) mass is 372 g/mol. The van der Waals surface area contributed by atoms with Crippen molar-refractivity contribution in [2.24, 2.45) is 16.8 Å². The standard InChI is InChI=1S/C26H32N2/c1-19(2)16-26(5,17-22-9-7-6-8-10-22)28-21(4)24-14-23-13-20(3)11-12-25(15-23)27-18-24/h6-15,18-19,23,28H,4,16-17H2,1-3,5H3. The summed E-state index contributed by atoms with van der Waals surface area (Å²) in [6, 6.07) is 10.7. The lowest BCUT2D eigenvalue weighted by molar-refractivity contribution is 0.315. The largest absolute Gasteiger partial charge is 0.380 e. The van der Waals surface area contributed by atoms with E-state index in [0.717, 1.165) is 29.8 Å². The third-order valence-corrected chi connectivity index (χ3v) is 5.16. The lowest BCUT2D eigenvalue weighted by Gasteiger charge is -2.35. The molecule has 0 amide bonds. The van der Waals surface area contributed by atoms with Crippen LogP contribution in [0.2, 0.25) is 0 Å². The van der Waals surface area contributed by atoms with Gasteiger partial charge in [0.05, 0.1) is 5.70 Å². The minimum Gasteiger partial charge on any atom is -0.380 e. The Hall–Kier alpha value is -2.61. The molecule has 2 atom stereocenters. The molecule has 0 aromatic heterocycles. The molecule has 0 spiro atoms. The summed E-state index contributed by atoms with van der Waals surface area (Å²) in [6.45, 7) is 13.4. The first-order chi connectivity index (χ1) is 13.3. The number of nitrogens with zero attached hydrogens (tertiary/aromatic N) is 1. The Balaban J connectivity index is 1.81. The fraction of sp³-hybridized carbons (Fsp3) is 0.346. The van der Waals surface area contributed by atoms with Crippen molar-refractivity contribution in [1.82, 2.24) is 5.32 Å². The van der Waals surface area contributed by atoms with Gasteiger partial charge in [-0.3, -0.25) is 4.99 Å². The predicted molar refractivity (Wildman–Crippen MR) is 121 cm³/mol. The Labute approximate surface area is 170 Å². The highest BCUT2D eigenvalue weighted by molar-refractivity contribution is 5.86. The van der Waals surface area contributed by atoms with Gasteiger partial charge in [0.25, 0.3) is 0 Å². The summed E-state index contributed by atoms with van der Waals surface area (Å²) in [6.07, 6.45) is 14.9. The van der Waals surface area contributed by atoms with E-state index in [0.29, 0.717) is 5.92 Å². The van der Waals surface area contributed by atoms with Gasteiger partial charge in [-0.05, 0) is 50.3 Å². The molecule has 146 valence electrons.